The Kier molecular flexibility index (Phi) is 8.28. The fourth-order valence-corrected chi connectivity index (χ4v) is 3.60. The SMILES string of the molecule is C=CCCCCCCCCCS(=O)(=O)c1ccccc1. The van der Waals surface area contributed by atoms with E-state index in [-0.39, 0.29) is 5.75 Å². The van der Waals surface area contributed by atoms with E-state index < -0.39 is 9.84 Å². The normalized spacial score (nSPS) is 11.4. The third kappa shape index (κ3) is 6.90. The maximum atomic E-state index is 12.0. The molecule has 2 nitrogen and oxygen atoms in total. The summed E-state index contributed by atoms with van der Waals surface area (Å²) in [5.74, 6) is 0.271. The van der Waals surface area contributed by atoms with E-state index in [2.05, 4.69) is 6.58 Å². The minimum Gasteiger partial charge on any atom is -0.224 e. The standard InChI is InChI=1S/C17H26O2S/c1-2-3-4-5-6-7-8-9-13-16-20(18,19)17-14-11-10-12-15-17/h2,10-12,14-15H,1,3-9,13,16H2. The van der Waals surface area contributed by atoms with E-state index in [1.165, 1.54) is 25.7 Å². The average Bonchev–Trinajstić information content (AvgIpc) is 2.46. The molecular formula is C17H26O2S. The van der Waals surface area contributed by atoms with Crippen LogP contribution in [0.3, 0.4) is 0 Å². The molecule has 1 aromatic rings. The van der Waals surface area contributed by atoms with Gasteiger partial charge in [0.25, 0.3) is 0 Å². The Balaban J connectivity index is 2.11. The smallest absolute Gasteiger partial charge is 0.178 e. The second-order valence-electron chi connectivity index (χ2n) is 5.18. The fraction of sp³-hybridized carbons (Fsp3) is 0.529. The zero-order valence-corrected chi connectivity index (χ0v) is 13.1. The molecule has 0 saturated carbocycles. The van der Waals surface area contributed by atoms with E-state index in [1.807, 2.05) is 12.1 Å². The van der Waals surface area contributed by atoms with Gasteiger partial charge >= 0.3 is 0 Å². The lowest BCUT2D eigenvalue weighted by atomic mass is 10.1. The fourth-order valence-electron chi connectivity index (χ4n) is 2.21. The Morgan fingerprint density at radius 2 is 1.40 bits per heavy atom. The Bertz CT molecular complexity index is 463. The summed E-state index contributed by atoms with van der Waals surface area (Å²) in [6.45, 7) is 3.71. The molecule has 0 spiro atoms. The molecule has 0 N–H and O–H groups in total. The van der Waals surface area contributed by atoms with Crippen LogP contribution in [0.15, 0.2) is 47.9 Å². The molecule has 20 heavy (non-hydrogen) atoms. The molecule has 0 aliphatic heterocycles. The molecule has 0 heterocycles. The third-order valence-corrected chi connectivity index (χ3v) is 5.24. The molecule has 0 bridgehead atoms. The molecule has 0 fully saturated rings. The van der Waals surface area contributed by atoms with E-state index in [9.17, 15) is 8.42 Å². The molecule has 0 saturated heterocycles. The van der Waals surface area contributed by atoms with Crippen LogP contribution in [0.25, 0.3) is 0 Å². The van der Waals surface area contributed by atoms with Crippen molar-refractivity contribution in [2.75, 3.05) is 5.75 Å². The highest BCUT2D eigenvalue weighted by Crippen LogP contribution is 2.14. The number of hydrogen-bond donors (Lipinski definition) is 0. The molecule has 112 valence electrons. The van der Waals surface area contributed by atoms with Gasteiger partial charge in [-0.15, -0.1) is 6.58 Å². The van der Waals surface area contributed by atoms with E-state index in [0.717, 1.165) is 25.7 Å². The first-order valence-corrected chi connectivity index (χ1v) is 9.21. The van der Waals surface area contributed by atoms with Crippen molar-refractivity contribution < 1.29 is 8.42 Å². The summed E-state index contributed by atoms with van der Waals surface area (Å²) < 4.78 is 24.1. The van der Waals surface area contributed by atoms with Gasteiger partial charge in [-0.3, -0.25) is 0 Å². The van der Waals surface area contributed by atoms with Crippen molar-refractivity contribution in [3.63, 3.8) is 0 Å². The van der Waals surface area contributed by atoms with E-state index in [0.29, 0.717) is 4.90 Å². The van der Waals surface area contributed by atoms with Crippen LogP contribution in [0.4, 0.5) is 0 Å². The molecule has 0 atom stereocenters. The molecule has 0 radical (unpaired) electrons. The number of sulfone groups is 1. The second kappa shape index (κ2) is 9.76. The first-order chi connectivity index (χ1) is 9.67. The van der Waals surface area contributed by atoms with Crippen LogP contribution in [0.2, 0.25) is 0 Å². The van der Waals surface area contributed by atoms with Crippen molar-refractivity contribution in [1.29, 1.82) is 0 Å². The van der Waals surface area contributed by atoms with Gasteiger partial charge in [0.2, 0.25) is 0 Å². The number of benzene rings is 1. The Hall–Kier alpha value is -1.09. The summed E-state index contributed by atoms with van der Waals surface area (Å²) in [7, 11) is -3.08. The monoisotopic (exact) mass is 294 g/mol. The molecule has 3 heteroatoms. The van der Waals surface area contributed by atoms with Gasteiger partial charge in [0.05, 0.1) is 10.6 Å². The van der Waals surface area contributed by atoms with Crippen LogP contribution in [0.5, 0.6) is 0 Å². The van der Waals surface area contributed by atoms with Gasteiger partial charge in [-0.05, 0) is 31.4 Å². The maximum Gasteiger partial charge on any atom is 0.178 e. The molecule has 0 aliphatic carbocycles. The Morgan fingerprint density at radius 1 is 0.850 bits per heavy atom. The zero-order chi connectivity index (χ0) is 14.7. The molecule has 0 amide bonds. The number of hydrogen-bond acceptors (Lipinski definition) is 2. The number of rotatable bonds is 11. The van der Waals surface area contributed by atoms with E-state index in [1.54, 1.807) is 24.3 Å². The quantitative estimate of drug-likeness (QED) is 0.435. The zero-order valence-electron chi connectivity index (χ0n) is 12.3. The summed E-state index contributed by atoms with van der Waals surface area (Å²) in [6, 6.07) is 8.74. The topological polar surface area (TPSA) is 34.1 Å². The van der Waals surface area contributed by atoms with Gasteiger partial charge in [0.15, 0.2) is 9.84 Å². The van der Waals surface area contributed by atoms with Gasteiger partial charge in [0, 0.05) is 0 Å². The Labute approximate surface area is 123 Å². The van der Waals surface area contributed by atoms with Crippen LogP contribution >= 0.6 is 0 Å². The number of allylic oxidation sites excluding steroid dienone is 1. The lowest BCUT2D eigenvalue weighted by Gasteiger charge is -2.04. The highest BCUT2D eigenvalue weighted by Gasteiger charge is 2.12. The van der Waals surface area contributed by atoms with Gasteiger partial charge in [-0.2, -0.15) is 0 Å². The predicted molar refractivity (Wildman–Crippen MR) is 85.6 cm³/mol. The highest BCUT2D eigenvalue weighted by atomic mass is 32.2. The van der Waals surface area contributed by atoms with Crippen molar-refractivity contribution in [1.82, 2.24) is 0 Å². The van der Waals surface area contributed by atoms with Gasteiger partial charge in [-0.1, -0.05) is 56.4 Å². The molecule has 1 rings (SSSR count). The molecule has 1 aromatic carbocycles. The van der Waals surface area contributed by atoms with Gasteiger partial charge in [-0.25, -0.2) is 8.42 Å². The van der Waals surface area contributed by atoms with E-state index in [4.69, 9.17) is 0 Å². The molecule has 0 unspecified atom stereocenters. The largest absolute Gasteiger partial charge is 0.224 e. The summed E-state index contributed by atoms with van der Waals surface area (Å²) >= 11 is 0. The summed E-state index contributed by atoms with van der Waals surface area (Å²) in [5, 5.41) is 0. The lowest BCUT2D eigenvalue weighted by Crippen LogP contribution is -2.06. The highest BCUT2D eigenvalue weighted by molar-refractivity contribution is 7.91. The maximum absolute atomic E-state index is 12.0. The Morgan fingerprint density at radius 3 is 2.00 bits per heavy atom. The van der Waals surface area contributed by atoms with Crippen LogP contribution in [0, 0.1) is 0 Å². The second-order valence-corrected chi connectivity index (χ2v) is 7.29. The minimum atomic E-state index is -3.08. The van der Waals surface area contributed by atoms with Crippen molar-refractivity contribution in [3.8, 4) is 0 Å². The van der Waals surface area contributed by atoms with Gasteiger partial charge < -0.3 is 0 Å². The summed E-state index contributed by atoms with van der Waals surface area (Å²) in [4.78, 5) is 0.449. The molecular weight excluding hydrogens is 268 g/mol. The third-order valence-electron chi connectivity index (χ3n) is 3.42. The van der Waals surface area contributed by atoms with Crippen LogP contribution in [0.1, 0.15) is 51.4 Å². The van der Waals surface area contributed by atoms with Crippen molar-refractivity contribution >= 4 is 9.84 Å². The van der Waals surface area contributed by atoms with Crippen LogP contribution in [-0.4, -0.2) is 14.2 Å². The first kappa shape index (κ1) is 17.0. The summed E-state index contributed by atoms with van der Waals surface area (Å²) in [6.07, 6.45) is 10.9. The average molecular weight is 294 g/mol. The molecule has 0 aliphatic rings. The number of unbranched alkanes of at least 4 members (excludes halogenated alkanes) is 7. The van der Waals surface area contributed by atoms with Crippen molar-refractivity contribution in [2.24, 2.45) is 0 Å². The van der Waals surface area contributed by atoms with Crippen LogP contribution < -0.4 is 0 Å². The van der Waals surface area contributed by atoms with Crippen LogP contribution in [-0.2, 0) is 9.84 Å². The van der Waals surface area contributed by atoms with E-state index >= 15 is 0 Å². The summed E-state index contributed by atoms with van der Waals surface area (Å²) in [5.41, 5.74) is 0. The van der Waals surface area contributed by atoms with Crippen molar-refractivity contribution in [3.05, 3.63) is 43.0 Å². The van der Waals surface area contributed by atoms with Gasteiger partial charge in [0.1, 0.15) is 0 Å². The minimum absolute atomic E-state index is 0.271. The predicted octanol–water partition coefficient (Wildman–Crippen LogP) is 4.77. The first-order valence-electron chi connectivity index (χ1n) is 7.55. The lowest BCUT2D eigenvalue weighted by molar-refractivity contribution is 0.576. The molecule has 0 aromatic heterocycles. The van der Waals surface area contributed by atoms with Crippen molar-refractivity contribution in [2.45, 2.75) is 56.3 Å².